The molecule has 4 N–H and O–H groups in total. The molecule has 2 aromatic rings. The van der Waals surface area contributed by atoms with Gasteiger partial charge in [-0.3, -0.25) is 9.59 Å². The molecular weight excluding hydrogens is 332 g/mol. The van der Waals surface area contributed by atoms with Gasteiger partial charge in [0.15, 0.2) is 0 Å². The fourth-order valence-corrected chi connectivity index (χ4v) is 2.21. The number of hydrogen-bond donors (Lipinski definition) is 3. The molecule has 0 atom stereocenters. The molecule has 0 aromatic heterocycles. The standard InChI is InChI=1S/C19H20N4O3/c20-13-14-5-7-15(8-6-14)26-12-11-22-17-4-2-1-3-16(17)19(25)23-10-9-18(21)24/h1-8,22H,9-12H2,(H2,21,24)(H,23,25). The third-order valence-electron chi connectivity index (χ3n) is 3.50. The summed E-state index contributed by atoms with van der Waals surface area (Å²) in [5, 5.41) is 14.6. The lowest BCUT2D eigenvalue weighted by Gasteiger charge is -2.12. The van der Waals surface area contributed by atoms with Crippen LogP contribution in [0.5, 0.6) is 5.75 Å². The summed E-state index contributed by atoms with van der Waals surface area (Å²) >= 11 is 0. The highest BCUT2D eigenvalue weighted by atomic mass is 16.5. The summed E-state index contributed by atoms with van der Waals surface area (Å²) in [5.74, 6) is -0.0673. The van der Waals surface area contributed by atoms with Crippen molar-refractivity contribution in [2.45, 2.75) is 6.42 Å². The Morgan fingerprint density at radius 3 is 2.50 bits per heavy atom. The maximum absolute atomic E-state index is 12.2. The minimum Gasteiger partial charge on any atom is -0.492 e. The van der Waals surface area contributed by atoms with Crippen LogP contribution in [0, 0.1) is 11.3 Å². The van der Waals surface area contributed by atoms with Crippen LogP contribution in [-0.4, -0.2) is 31.5 Å². The lowest BCUT2D eigenvalue weighted by Crippen LogP contribution is -2.28. The largest absolute Gasteiger partial charge is 0.492 e. The van der Waals surface area contributed by atoms with Crippen molar-refractivity contribution >= 4 is 17.5 Å². The molecule has 0 heterocycles. The molecule has 0 unspecified atom stereocenters. The number of nitrogens with one attached hydrogen (secondary N) is 2. The topological polar surface area (TPSA) is 117 Å². The van der Waals surface area contributed by atoms with Crippen LogP contribution in [0.15, 0.2) is 48.5 Å². The minimum absolute atomic E-state index is 0.0970. The Hall–Kier alpha value is -3.53. The Kier molecular flexibility index (Phi) is 7.01. The zero-order chi connectivity index (χ0) is 18.8. The Labute approximate surface area is 151 Å². The molecular formula is C19H20N4O3. The van der Waals surface area contributed by atoms with E-state index in [2.05, 4.69) is 10.6 Å². The van der Waals surface area contributed by atoms with E-state index in [9.17, 15) is 9.59 Å². The summed E-state index contributed by atoms with van der Waals surface area (Å²) < 4.78 is 5.59. The average Bonchev–Trinajstić information content (AvgIpc) is 2.65. The van der Waals surface area contributed by atoms with E-state index in [1.165, 1.54) is 0 Å². The van der Waals surface area contributed by atoms with Crippen molar-refractivity contribution < 1.29 is 14.3 Å². The van der Waals surface area contributed by atoms with Crippen molar-refractivity contribution in [2.24, 2.45) is 5.73 Å². The van der Waals surface area contributed by atoms with E-state index in [0.717, 1.165) is 0 Å². The van der Waals surface area contributed by atoms with E-state index in [4.69, 9.17) is 15.7 Å². The van der Waals surface area contributed by atoms with E-state index in [1.54, 1.807) is 42.5 Å². The van der Waals surface area contributed by atoms with Gasteiger partial charge in [-0.25, -0.2) is 0 Å². The number of ether oxygens (including phenoxy) is 1. The third kappa shape index (κ3) is 5.83. The smallest absolute Gasteiger partial charge is 0.253 e. The van der Waals surface area contributed by atoms with Gasteiger partial charge in [-0.15, -0.1) is 0 Å². The number of anilines is 1. The molecule has 0 aliphatic rings. The first-order chi connectivity index (χ1) is 12.6. The second kappa shape index (κ2) is 9.69. The van der Waals surface area contributed by atoms with Gasteiger partial charge < -0.3 is 21.1 Å². The number of nitrogens with two attached hydrogens (primary N) is 1. The van der Waals surface area contributed by atoms with Crippen LogP contribution in [0.25, 0.3) is 0 Å². The maximum atomic E-state index is 12.2. The Morgan fingerprint density at radius 2 is 1.81 bits per heavy atom. The fourth-order valence-electron chi connectivity index (χ4n) is 2.21. The first-order valence-electron chi connectivity index (χ1n) is 8.12. The molecule has 26 heavy (non-hydrogen) atoms. The van der Waals surface area contributed by atoms with Gasteiger partial charge in [-0.05, 0) is 36.4 Å². The van der Waals surface area contributed by atoms with Crippen molar-refractivity contribution in [3.8, 4) is 11.8 Å². The van der Waals surface area contributed by atoms with E-state index < -0.39 is 5.91 Å². The predicted molar refractivity (Wildman–Crippen MR) is 97.7 cm³/mol. The summed E-state index contributed by atoms with van der Waals surface area (Å²) in [6, 6.07) is 16.0. The quantitative estimate of drug-likeness (QED) is 0.593. The molecule has 2 aromatic carbocycles. The Balaban J connectivity index is 1.84. The second-order valence-corrected chi connectivity index (χ2v) is 5.43. The Morgan fingerprint density at radius 1 is 1.08 bits per heavy atom. The van der Waals surface area contributed by atoms with Gasteiger partial charge in [-0.2, -0.15) is 5.26 Å². The number of benzene rings is 2. The summed E-state index contributed by atoms with van der Waals surface area (Å²) in [4.78, 5) is 22.9. The molecule has 0 bridgehead atoms. The number of nitrogens with zero attached hydrogens (tertiary/aromatic N) is 1. The normalized spacial score (nSPS) is 9.81. The van der Waals surface area contributed by atoms with Crippen molar-refractivity contribution in [2.75, 3.05) is 25.0 Å². The number of rotatable bonds is 9. The molecule has 7 heteroatoms. The average molecular weight is 352 g/mol. The van der Waals surface area contributed by atoms with E-state index in [-0.39, 0.29) is 18.9 Å². The summed E-state index contributed by atoms with van der Waals surface area (Å²) in [5.41, 5.74) is 6.79. The number of nitriles is 1. The molecule has 0 fully saturated rings. The maximum Gasteiger partial charge on any atom is 0.253 e. The van der Waals surface area contributed by atoms with Crippen LogP contribution in [0.4, 0.5) is 5.69 Å². The molecule has 0 saturated carbocycles. The predicted octanol–water partition coefficient (Wildman–Crippen LogP) is 1.65. The van der Waals surface area contributed by atoms with Gasteiger partial charge in [0.05, 0.1) is 17.2 Å². The molecule has 0 radical (unpaired) electrons. The zero-order valence-corrected chi connectivity index (χ0v) is 14.2. The monoisotopic (exact) mass is 352 g/mol. The highest BCUT2D eigenvalue weighted by molar-refractivity contribution is 5.99. The number of carbonyl (C=O) groups is 2. The van der Waals surface area contributed by atoms with Crippen molar-refractivity contribution in [1.82, 2.24) is 5.32 Å². The van der Waals surface area contributed by atoms with Gasteiger partial charge in [0.25, 0.3) is 5.91 Å². The fraction of sp³-hybridized carbons (Fsp3) is 0.211. The number of para-hydroxylation sites is 1. The number of amides is 2. The Bertz CT molecular complexity index is 797. The number of primary amides is 1. The molecule has 2 amide bonds. The van der Waals surface area contributed by atoms with Gasteiger partial charge in [-0.1, -0.05) is 12.1 Å². The van der Waals surface area contributed by atoms with Crippen LogP contribution in [0.2, 0.25) is 0 Å². The van der Waals surface area contributed by atoms with E-state index >= 15 is 0 Å². The van der Waals surface area contributed by atoms with Crippen LogP contribution in [-0.2, 0) is 4.79 Å². The lowest BCUT2D eigenvalue weighted by atomic mass is 10.1. The summed E-state index contributed by atoms with van der Waals surface area (Å²) in [6.45, 7) is 1.08. The van der Waals surface area contributed by atoms with Crippen LogP contribution in [0.1, 0.15) is 22.3 Å². The molecule has 7 nitrogen and oxygen atoms in total. The van der Waals surface area contributed by atoms with Crippen molar-refractivity contribution in [3.05, 3.63) is 59.7 Å². The van der Waals surface area contributed by atoms with E-state index in [1.807, 2.05) is 12.1 Å². The highest BCUT2D eigenvalue weighted by Gasteiger charge is 2.10. The molecule has 134 valence electrons. The number of carbonyl (C=O) groups excluding carboxylic acids is 2. The lowest BCUT2D eigenvalue weighted by molar-refractivity contribution is -0.117. The highest BCUT2D eigenvalue weighted by Crippen LogP contribution is 2.15. The molecule has 0 spiro atoms. The third-order valence-corrected chi connectivity index (χ3v) is 3.50. The molecule has 0 aliphatic heterocycles. The number of hydrogen-bond acceptors (Lipinski definition) is 5. The van der Waals surface area contributed by atoms with Crippen LogP contribution in [0.3, 0.4) is 0 Å². The zero-order valence-electron chi connectivity index (χ0n) is 14.2. The van der Waals surface area contributed by atoms with Gasteiger partial charge in [0, 0.05) is 25.2 Å². The van der Waals surface area contributed by atoms with Crippen LogP contribution >= 0.6 is 0 Å². The van der Waals surface area contributed by atoms with Gasteiger partial charge >= 0.3 is 0 Å². The van der Waals surface area contributed by atoms with Crippen LogP contribution < -0.4 is 21.1 Å². The summed E-state index contributed by atoms with van der Waals surface area (Å²) in [6.07, 6.45) is 0.0970. The van der Waals surface area contributed by atoms with Gasteiger partial charge in [0.1, 0.15) is 12.4 Å². The van der Waals surface area contributed by atoms with Crippen molar-refractivity contribution in [3.63, 3.8) is 0 Å². The SMILES string of the molecule is N#Cc1ccc(OCCNc2ccccc2C(=O)NCCC(N)=O)cc1. The van der Waals surface area contributed by atoms with E-state index in [0.29, 0.717) is 35.7 Å². The minimum atomic E-state index is -0.461. The first-order valence-corrected chi connectivity index (χ1v) is 8.12. The second-order valence-electron chi connectivity index (χ2n) is 5.43. The summed E-state index contributed by atoms with van der Waals surface area (Å²) in [7, 11) is 0. The van der Waals surface area contributed by atoms with Gasteiger partial charge in [0.2, 0.25) is 5.91 Å². The van der Waals surface area contributed by atoms with Crippen molar-refractivity contribution in [1.29, 1.82) is 5.26 Å². The molecule has 0 aliphatic carbocycles. The first kappa shape index (κ1) is 18.8. The molecule has 0 saturated heterocycles. The molecule has 2 rings (SSSR count).